The Hall–Kier alpha value is -1.03. The van der Waals surface area contributed by atoms with Crippen molar-refractivity contribution in [3.63, 3.8) is 0 Å². The zero-order valence-corrected chi connectivity index (χ0v) is 10.1. The SMILES string of the molecule is CCCN(CC)c1ncnc(Cl)c1OC. The molecule has 4 nitrogen and oxygen atoms in total. The monoisotopic (exact) mass is 229 g/mol. The summed E-state index contributed by atoms with van der Waals surface area (Å²) in [4.78, 5) is 10.2. The van der Waals surface area contributed by atoms with Gasteiger partial charge in [-0.1, -0.05) is 18.5 Å². The molecule has 1 aromatic heterocycles. The van der Waals surface area contributed by atoms with Crippen LogP contribution in [0.1, 0.15) is 20.3 Å². The van der Waals surface area contributed by atoms with Gasteiger partial charge in [0.05, 0.1) is 7.11 Å². The summed E-state index contributed by atoms with van der Waals surface area (Å²) < 4.78 is 5.21. The van der Waals surface area contributed by atoms with Crippen LogP contribution in [0.15, 0.2) is 6.33 Å². The van der Waals surface area contributed by atoms with Crippen molar-refractivity contribution in [3.8, 4) is 5.75 Å². The van der Waals surface area contributed by atoms with Crippen LogP contribution in [0.5, 0.6) is 5.75 Å². The van der Waals surface area contributed by atoms with E-state index >= 15 is 0 Å². The molecule has 0 aromatic carbocycles. The largest absolute Gasteiger partial charge is 0.490 e. The van der Waals surface area contributed by atoms with Crippen molar-refractivity contribution in [1.82, 2.24) is 9.97 Å². The van der Waals surface area contributed by atoms with Crippen LogP contribution in [0.2, 0.25) is 5.15 Å². The maximum absolute atomic E-state index is 5.93. The molecule has 0 bridgehead atoms. The highest BCUT2D eigenvalue weighted by Gasteiger charge is 2.15. The van der Waals surface area contributed by atoms with Gasteiger partial charge in [0.15, 0.2) is 16.7 Å². The highest BCUT2D eigenvalue weighted by atomic mass is 35.5. The zero-order valence-electron chi connectivity index (χ0n) is 9.33. The predicted molar refractivity (Wildman–Crippen MR) is 61.8 cm³/mol. The number of aromatic nitrogens is 2. The normalized spacial score (nSPS) is 10.1. The molecule has 0 saturated heterocycles. The molecule has 0 amide bonds. The molecule has 1 aromatic rings. The van der Waals surface area contributed by atoms with Crippen LogP contribution in [0, 0.1) is 0 Å². The number of hydrogen-bond donors (Lipinski definition) is 0. The van der Waals surface area contributed by atoms with Gasteiger partial charge in [0, 0.05) is 13.1 Å². The summed E-state index contributed by atoms with van der Waals surface area (Å²) in [5.74, 6) is 1.32. The molecule has 0 radical (unpaired) electrons. The molecule has 0 unspecified atom stereocenters. The summed E-state index contributed by atoms with van der Waals surface area (Å²) in [6.45, 7) is 6.00. The fraction of sp³-hybridized carbons (Fsp3) is 0.600. The molecule has 0 aliphatic heterocycles. The minimum absolute atomic E-state index is 0.358. The molecule has 0 N–H and O–H groups in total. The van der Waals surface area contributed by atoms with Gasteiger partial charge < -0.3 is 9.64 Å². The van der Waals surface area contributed by atoms with Gasteiger partial charge in [0.1, 0.15) is 6.33 Å². The molecule has 0 saturated carbocycles. The van der Waals surface area contributed by atoms with Gasteiger partial charge in [0.2, 0.25) is 0 Å². The van der Waals surface area contributed by atoms with Crippen LogP contribution in [0.3, 0.4) is 0 Å². The number of ether oxygens (including phenoxy) is 1. The standard InChI is InChI=1S/C10H16ClN3O/c1-4-6-14(5-2)10-8(15-3)9(11)12-7-13-10/h7H,4-6H2,1-3H3. The molecule has 0 aliphatic carbocycles. The Balaban J connectivity index is 3.04. The molecule has 0 aliphatic rings. The van der Waals surface area contributed by atoms with Crippen molar-refractivity contribution in [2.45, 2.75) is 20.3 Å². The highest BCUT2D eigenvalue weighted by molar-refractivity contribution is 6.31. The maximum atomic E-state index is 5.93. The van der Waals surface area contributed by atoms with E-state index in [-0.39, 0.29) is 0 Å². The lowest BCUT2D eigenvalue weighted by atomic mass is 10.4. The second-order valence-electron chi connectivity index (χ2n) is 3.10. The second kappa shape index (κ2) is 5.75. The first kappa shape index (κ1) is 12.0. The van der Waals surface area contributed by atoms with Gasteiger partial charge in [-0.3, -0.25) is 0 Å². The Morgan fingerprint density at radius 1 is 1.40 bits per heavy atom. The Labute approximate surface area is 95.2 Å². The molecule has 5 heteroatoms. The molecule has 0 spiro atoms. The minimum Gasteiger partial charge on any atom is -0.490 e. The van der Waals surface area contributed by atoms with Crippen molar-refractivity contribution in [2.75, 3.05) is 25.1 Å². The smallest absolute Gasteiger partial charge is 0.199 e. The average molecular weight is 230 g/mol. The third-order valence-corrected chi connectivity index (χ3v) is 2.39. The Morgan fingerprint density at radius 2 is 2.13 bits per heavy atom. The van der Waals surface area contributed by atoms with E-state index in [0.717, 1.165) is 25.3 Å². The second-order valence-corrected chi connectivity index (χ2v) is 3.46. The van der Waals surface area contributed by atoms with Gasteiger partial charge in [-0.15, -0.1) is 0 Å². The summed E-state index contributed by atoms with van der Waals surface area (Å²) in [5, 5.41) is 0.358. The third kappa shape index (κ3) is 2.72. The van der Waals surface area contributed by atoms with E-state index in [9.17, 15) is 0 Å². The number of methoxy groups -OCH3 is 1. The van der Waals surface area contributed by atoms with Crippen molar-refractivity contribution in [2.24, 2.45) is 0 Å². The summed E-state index contributed by atoms with van der Waals surface area (Å²) in [6.07, 6.45) is 2.51. The van der Waals surface area contributed by atoms with Crippen LogP contribution in [0.4, 0.5) is 5.82 Å². The third-order valence-electron chi connectivity index (χ3n) is 2.12. The summed E-state index contributed by atoms with van der Waals surface area (Å²) in [7, 11) is 1.58. The maximum Gasteiger partial charge on any atom is 0.199 e. The number of rotatable bonds is 5. The van der Waals surface area contributed by atoms with E-state index in [2.05, 4.69) is 28.7 Å². The first-order valence-corrected chi connectivity index (χ1v) is 5.41. The van der Waals surface area contributed by atoms with E-state index in [1.54, 1.807) is 7.11 Å². The molecule has 1 heterocycles. The molecule has 1 rings (SSSR count). The molecule has 0 atom stereocenters. The quantitative estimate of drug-likeness (QED) is 0.727. The van der Waals surface area contributed by atoms with E-state index in [4.69, 9.17) is 16.3 Å². The number of halogens is 1. The van der Waals surface area contributed by atoms with Crippen LogP contribution < -0.4 is 9.64 Å². The number of nitrogens with zero attached hydrogens (tertiary/aromatic N) is 3. The summed E-state index contributed by atoms with van der Waals surface area (Å²) in [5.41, 5.74) is 0. The Bertz CT molecular complexity index is 320. The molecular weight excluding hydrogens is 214 g/mol. The lowest BCUT2D eigenvalue weighted by Gasteiger charge is -2.22. The van der Waals surface area contributed by atoms with Crippen molar-refractivity contribution in [1.29, 1.82) is 0 Å². The molecule has 84 valence electrons. The van der Waals surface area contributed by atoms with Crippen LogP contribution in [-0.2, 0) is 0 Å². The first-order chi connectivity index (χ1) is 7.24. The summed E-state index contributed by atoms with van der Waals surface area (Å²) in [6, 6.07) is 0. The van der Waals surface area contributed by atoms with Gasteiger partial charge in [-0.25, -0.2) is 9.97 Å². The average Bonchev–Trinajstić information content (AvgIpc) is 2.25. The first-order valence-electron chi connectivity index (χ1n) is 5.04. The molecule has 15 heavy (non-hydrogen) atoms. The van der Waals surface area contributed by atoms with Crippen LogP contribution in [-0.4, -0.2) is 30.2 Å². The van der Waals surface area contributed by atoms with Gasteiger partial charge in [0.25, 0.3) is 0 Å². The Morgan fingerprint density at radius 3 is 2.67 bits per heavy atom. The summed E-state index contributed by atoms with van der Waals surface area (Å²) >= 11 is 5.93. The van der Waals surface area contributed by atoms with E-state index < -0.39 is 0 Å². The lowest BCUT2D eigenvalue weighted by molar-refractivity contribution is 0.410. The van der Waals surface area contributed by atoms with E-state index in [1.807, 2.05) is 0 Å². The van der Waals surface area contributed by atoms with E-state index in [1.165, 1.54) is 6.33 Å². The lowest BCUT2D eigenvalue weighted by Crippen LogP contribution is -2.25. The number of hydrogen-bond acceptors (Lipinski definition) is 4. The van der Waals surface area contributed by atoms with Crippen LogP contribution in [0.25, 0.3) is 0 Å². The number of anilines is 1. The van der Waals surface area contributed by atoms with Gasteiger partial charge in [-0.2, -0.15) is 0 Å². The fourth-order valence-electron chi connectivity index (χ4n) is 1.43. The van der Waals surface area contributed by atoms with Crippen molar-refractivity contribution in [3.05, 3.63) is 11.5 Å². The zero-order chi connectivity index (χ0) is 11.3. The predicted octanol–water partition coefficient (Wildman–Crippen LogP) is 2.37. The Kier molecular flexibility index (Phi) is 4.62. The minimum atomic E-state index is 0.358. The fourth-order valence-corrected chi connectivity index (χ4v) is 1.63. The topological polar surface area (TPSA) is 38.2 Å². The highest BCUT2D eigenvalue weighted by Crippen LogP contribution is 2.31. The molecule has 0 fully saturated rings. The van der Waals surface area contributed by atoms with Gasteiger partial charge in [-0.05, 0) is 13.3 Å². The van der Waals surface area contributed by atoms with E-state index in [0.29, 0.717) is 10.9 Å². The molecular formula is C10H16ClN3O. The van der Waals surface area contributed by atoms with Crippen LogP contribution >= 0.6 is 11.6 Å². The van der Waals surface area contributed by atoms with Crippen molar-refractivity contribution < 1.29 is 4.74 Å². The van der Waals surface area contributed by atoms with Gasteiger partial charge >= 0.3 is 0 Å². The van der Waals surface area contributed by atoms with Crippen molar-refractivity contribution >= 4 is 17.4 Å².